The van der Waals surface area contributed by atoms with Gasteiger partial charge in [-0.3, -0.25) is 0 Å². The Morgan fingerprint density at radius 3 is 2.28 bits per heavy atom. The van der Waals surface area contributed by atoms with Crippen molar-refractivity contribution < 1.29 is 16.4 Å². The van der Waals surface area contributed by atoms with Gasteiger partial charge in [0.2, 0.25) is 0 Å². The highest BCUT2D eigenvalue weighted by atomic mass is 35.5. The van der Waals surface area contributed by atoms with Gasteiger partial charge in [-0.1, -0.05) is 47.3 Å². The van der Waals surface area contributed by atoms with Crippen molar-refractivity contribution in [3.05, 3.63) is 12.2 Å². The second kappa shape index (κ2) is 15.6. The van der Waals surface area contributed by atoms with Gasteiger partial charge in [-0.25, -0.2) is 0 Å². The molecular formula is C22H50ClN3O3. The Hall–Kier alpha value is -0.210. The molecule has 0 aromatic heterocycles. The molecule has 2 aliphatic rings. The molecule has 4 atom stereocenters. The summed E-state index contributed by atoms with van der Waals surface area (Å²) in [6.07, 6.45) is 9.41. The van der Waals surface area contributed by atoms with Crippen LogP contribution in [0.25, 0.3) is 0 Å². The second-order valence-electron chi connectivity index (χ2n) is 9.21. The molecule has 178 valence electrons. The normalized spacial score (nSPS) is 27.1. The first-order chi connectivity index (χ1) is 11.8. The van der Waals surface area contributed by atoms with Gasteiger partial charge >= 0.3 is 0 Å². The molecule has 2 rings (SSSR count). The van der Waals surface area contributed by atoms with E-state index in [1.165, 1.54) is 25.9 Å². The molecule has 1 heterocycles. The smallest absolute Gasteiger partial charge is 0.0516 e. The van der Waals surface area contributed by atoms with Crippen LogP contribution in [0, 0.1) is 23.2 Å². The zero-order chi connectivity index (χ0) is 18.4. The van der Waals surface area contributed by atoms with Gasteiger partial charge < -0.3 is 32.4 Å². The van der Waals surface area contributed by atoms with E-state index in [-0.39, 0.29) is 29.2 Å². The van der Waals surface area contributed by atoms with Crippen molar-refractivity contribution in [3.63, 3.8) is 0 Å². The number of alkyl halides is 1. The molecule has 1 fully saturated rings. The molecule has 1 aliphatic heterocycles. The van der Waals surface area contributed by atoms with Crippen LogP contribution < -0.4 is 11.1 Å². The van der Waals surface area contributed by atoms with Crippen molar-refractivity contribution >= 4 is 11.6 Å². The van der Waals surface area contributed by atoms with E-state index < -0.39 is 0 Å². The fourth-order valence-electron chi connectivity index (χ4n) is 4.76. The molecule has 1 aliphatic carbocycles. The lowest BCUT2D eigenvalue weighted by molar-refractivity contribution is 0.0220. The summed E-state index contributed by atoms with van der Waals surface area (Å²) in [5.41, 5.74) is 6.01. The van der Waals surface area contributed by atoms with Crippen molar-refractivity contribution in [2.24, 2.45) is 28.9 Å². The molecule has 0 radical (unpaired) electrons. The van der Waals surface area contributed by atoms with Crippen LogP contribution >= 0.6 is 11.6 Å². The predicted octanol–water partition coefficient (Wildman–Crippen LogP) is 2.03. The Bertz CT molecular complexity index is 436. The fraction of sp³-hybridized carbons (Fsp3) is 0.909. The molecule has 7 heteroatoms. The maximum absolute atomic E-state index is 6.24. The first kappa shape index (κ1) is 33.4. The minimum atomic E-state index is 0. The monoisotopic (exact) mass is 439 g/mol. The van der Waals surface area contributed by atoms with Gasteiger partial charge in [-0.15, -0.1) is 11.6 Å². The molecule has 29 heavy (non-hydrogen) atoms. The van der Waals surface area contributed by atoms with Crippen LogP contribution in [0.4, 0.5) is 0 Å². The number of rotatable bonds is 8. The van der Waals surface area contributed by atoms with Crippen LogP contribution in [0.15, 0.2) is 12.2 Å². The lowest BCUT2D eigenvalue weighted by Crippen LogP contribution is -2.53. The number of nitrogens with two attached hydrogens (primary N) is 1. The largest absolute Gasteiger partial charge is 0.412 e. The zero-order valence-electron chi connectivity index (χ0n) is 18.3. The maximum atomic E-state index is 6.24. The molecule has 0 spiro atoms. The third-order valence-corrected chi connectivity index (χ3v) is 6.66. The molecule has 2 unspecified atom stereocenters. The van der Waals surface area contributed by atoms with E-state index >= 15 is 0 Å². The molecule has 0 amide bonds. The Labute approximate surface area is 184 Å². The number of nitrogens with one attached hydrogen (secondary N) is 1. The number of halogens is 1. The van der Waals surface area contributed by atoms with Gasteiger partial charge in [0.25, 0.3) is 0 Å². The van der Waals surface area contributed by atoms with E-state index in [0.29, 0.717) is 17.4 Å². The minimum absolute atomic E-state index is 0. The highest BCUT2D eigenvalue weighted by Crippen LogP contribution is 2.43. The first-order valence-electron chi connectivity index (χ1n) is 10.3. The van der Waals surface area contributed by atoms with Gasteiger partial charge in [-0.05, 0) is 68.5 Å². The van der Waals surface area contributed by atoms with E-state index in [9.17, 15) is 0 Å². The summed E-state index contributed by atoms with van der Waals surface area (Å²) in [6.45, 7) is 15.0. The topological polar surface area (TPSA) is 136 Å². The molecule has 1 saturated heterocycles. The van der Waals surface area contributed by atoms with Crippen molar-refractivity contribution in [1.82, 2.24) is 10.2 Å². The standard InChI is InChI=1S/C21H40ClN3.CH4.3H2O/c1-16(2)20(24-12-5-11-23)14-25-13-10-19(21(3,4)15-25)17-6-8-18(22)9-7-17;;;;/h6,8,16-20,24H,5,7,9-15,23H2,1-4H3;1H4;3*1H2/t17?,18?,19-,20+;;;;/m1..../s1. The molecule has 0 aromatic rings. The third-order valence-electron chi connectivity index (χ3n) is 6.30. The number of piperidine rings is 1. The van der Waals surface area contributed by atoms with Crippen LogP contribution in [0.1, 0.15) is 60.8 Å². The Kier molecular flexibility index (Phi) is 17.9. The summed E-state index contributed by atoms with van der Waals surface area (Å²) < 4.78 is 0. The number of allylic oxidation sites excluding steroid dienone is 2. The average Bonchev–Trinajstić information content (AvgIpc) is 2.54. The third kappa shape index (κ3) is 10.1. The van der Waals surface area contributed by atoms with Crippen LogP contribution in [0.3, 0.4) is 0 Å². The summed E-state index contributed by atoms with van der Waals surface area (Å²) in [5, 5.41) is 3.98. The quantitative estimate of drug-likeness (QED) is 0.340. The van der Waals surface area contributed by atoms with E-state index in [4.69, 9.17) is 17.3 Å². The molecule has 6 nitrogen and oxygen atoms in total. The second-order valence-corrected chi connectivity index (χ2v) is 9.77. The summed E-state index contributed by atoms with van der Waals surface area (Å²) in [6, 6.07) is 0.561. The SMILES string of the molecule is C.CC(C)[C@H](CN1CC[C@H](C2C=CC(Cl)CC2)C(C)(C)C1)NCCCN.O.O.O. The van der Waals surface area contributed by atoms with Crippen molar-refractivity contribution in [1.29, 1.82) is 0 Å². The molecule has 0 bridgehead atoms. The average molecular weight is 440 g/mol. The van der Waals surface area contributed by atoms with Crippen LogP contribution in [-0.2, 0) is 0 Å². The van der Waals surface area contributed by atoms with Crippen molar-refractivity contribution in [2.75, 3.05) is 32.7 Å². The zero-order valence-corrected chi connectivity index (χ0v) is 19.1. The Balaban J connectivity index is -0.00000169. The molecular weight excluding hydrogens is 390 g/mol. The maximum Gasteiger partial charge on any atom is 0.0516 e. The first-order valence-corrected chi connectivity index (χ1v) is 10.8. The van der Waals surface area contributed by atoms with Gasteiger partial charge in [0.05, 0.1) is 5.38 Å². The van der Waals surface area contributed by atoms with Gasteiger partial charge in [-0.2, -0.15) is 0 Å². The number of hydrogen-bond donors (Lipinski definition) is 2. The number of nitrogens with zero attached hydrogens (tertiary/aromatic N) is 1. The minimum Gasteiger partial charge on any atom is -0.412 e. The van der Waals surface area contributed by atoms with Crippen molar-refractivity contribution in [2.45, 2.75) is 72.2 Å². The van der Waals surface area contributed by atoms with E-state index in [1.54, 1.807) is 0 Å². The van der Waals surface area contributed by atoms with E-state index in [2.05, 4.69) is 50.1 Å². The lowest BCUT2D eigenvalue weighted by atomic mass is 9.65. The van der Waals surface area contributed by atoms with E-state index in [1.807, 2.05) is 0 Å². The predicted molar refractivity (Wildman–Crippen MR) is 128 cm³/mol. The van der Waals surface area contributed by atoms with Crippen LogP contribution in [0.2, 0.25) is 0 Å². The number of hydrogen-bond acceptors (Lipinski definition) is 3. The molecule has 9 N–H and O–H groups in total. The Morgan fingerprint density at radius 1 is 1.14 bits per heavy atom. The molecule has 0 aromatic carbocycles. The Morgan fingerprint density at radius 2 is 1.79 bits per heavy atom. The fourth-order valence-corrected chi connectivity index (χ4v) is 4.97. The van der Waals surface area contributed by atoms with Crippen LogP contribution in [-0.4, -0.2) is 65.5 Å². The summed E-state index contributed by atoms with van der Waals surface area (Å²) in [7, 11) is 0. The van der Waals surface area contributed by atoms with Gasteiger partial charge in [0.15, 0.2) is 0 Å². The molecule has 0 saturated carbocycles. The van der Waals surface area contributed by atoms with Gasteiger partial charge in [0, 0.05) is 19.1 Å². The van der Waals surface area contributed by atoms with Crippen molar-refractivity contribution in [3.8, 4) is 0 Å². The van der Waals surface area contributed by atoms with Gasteiger partial charge in [0.1, 0.15) is 0 Å². The summed E-state index contributed by atoms with van der Waals surface area (Å²) in [4.78, 5) is 2.69. The summed E-state index contributed by atoms with van der Waals surface area (Å²) >= 11 is 6.24. The van der Waals surface area contributed by atoms with E-state index in [0.717, 1.165) is 44.3 Å². The lowest BCUT2D eigenvalue weighted by Gasteiger charge is -2.48. The van der Waals surface area contributed by atoms with Crippen LogP contribution in [0.5, 0.6) is 0 Å². The highest BCUT2D eigenvalue weighted by Gasteiger charge is 2.40. The highest BCUT2D eigenvalue weighted by molar-refractivity contribution is 6.21. The summed E-state index contributed by atoms with van der Waals surface area (Å²) in [5.74, 6) is 2.16. The number of likely N-dealkylation sites (tertiary alicyclic amines) is 1.